The molecule has 7 heteroatoms. The van der Waals surface area contributed by atoms with E-state index in [0.29, 0.717) is 11.6 Å². The van der Waals surface area contributed by atoms with Crippen molar-refractivity contribution < 1.29 is 13.2 Å². The summed E-state index contributed by atoms with van der Waals surface area (Å²) in [6.07, 6.45) is 0. The maximum absolute atomic E-state index is 14.1. The lowest BCUT2D eigenvalue weighted by Crippen LogP contribution is -2.03. The summed E-state index contributed by atoms with van der Waals surface area (Å²) in [5, 5.41) is -0.151. The minimum Gasteiger partial charge on any atom is -0.291 e. The average Bonchev–Trinajstić information content (AvgIpc) is 2.78. The molecule has 3 aromatic rings. The predicted octanol–water partition coefficient (Wildman–Crippen LogP) is 4.84. The van der Waals surface area contributed by atoms with Crippen molar-refractivity contribution in [2.24, 2.45) is 0 Å². The number of hydrogen-bond acceptors (Lipinski definition) is 1. The normalized spacial score (nSPS) is 11.3. The summed E-state index contributed by atoms with van der Waals surface area (Å²) < 4.78 is 42.4. The van der Waals surface area contributed by atoms with Crippen molar-refractivity contribution in [1.82, 2.24) is 9.55 Å². The van der Waals surface area contributed by atoms with Crippen molar-refractivity contribution >= 4 is 34.2 Å². The first-order valence-corrected chi connectivity index (χ1v) is 6.81. The van der Waals surface area contributed by atoms with Crippen LogP contribution in [0.1, 0.15) is 5.82 Å². The maximum atomic E-state index is 14.1. The molecular weight excluding hydrogens is 324 g/mol. The zero-order valence-corrected chi connectivity index (χ0v) is 11.9. The highest BCUT2D eigenvalue weighted by atomic mass is 35.5. The van der Waals surface area contributed by atoms with Crippen molar-refractivity contribution in [3.8, 4) is 5.69 Å². The summed E-state index contributed by atoms with van der Waals surface area (Å²) >= 11 is 11.7. The van der Waals surface area contributed by atoms with Crippen molar-refractivity contribution in [3.63, 3.8) is 0 Å². The van der Waals surface area contributed by atoms with Gasteiger partial charge in [0, 0.05) is 6.07 Å². The average molecular weight is 331 g/mol. The second kappa shape index (κ2) is 5.24. The topological polar surface area (TPSA) is 17.8 Å². The molecular formula is C14H7Cl2F3N2. The Hall–Kier alpha value is -1.72. The van der Waals surface area contributed by atoms with Crippen molar-refractivity contribution in [2.75, 3.05) is 0 Å². The third-order valence-electron chi connectivity index (χ3n) is 3.03. The first-order valence-electron chi connectivity index (χ1n) is 5.89. The molecule has 0 radical (unpaired) electrons. The lowest BCUT2D eigenvalue weighted by molar-refractivity contribution is 0.577. The summed E-state index contributed by atoms with van der Waals surface area (Å²) in [7, 11) is 0. The molecule has 0 aliphatic rings. The number of halogens is 5. The summed E-state index contributed by atoms with van der Waals surface area (Å²) in [5.41, 5.74) is 0.243. The Balaban J connectivity index is 2.42. The van der Waals surface area contributed by atoms with Crippen LogP contribution in [-0.2, 0) is 5.88 Å². The number of alkyl halides is 1. The summed E-state index contributed by atoms with van der Waals surface area (Å²) in [6.45, 7) is 0. The van der Waals surface area contributed by atoms with Crippen LogP contribution in [-0.4, -0.2) is 9.55 Å². The van der Waals surface area contributed by atoms with Gasteiger partial charge in [0.15, 0.2) is 11.6 Å². The Morgan fingerprint density at radius 1 is 1.10 bits per heavy atom. The number of hydrogen-bond donors (Lipinski definition) is 0. The molecule has 2 nitrogen and oxygen atoms in total. The highest BCUT2D eigenvalue weighted by Gasteiger charge is 2.20. The Morgan fingerprint density at radius 3 is 2.52 bits per heavy atom. The van der Waals surface area contributed by atoms with Gasteiger partial charge in [-0.2, -0.15) is 0 Å². The first kappa shape index (κ1) is 14.2. The van der Waals surface area contributed by atoms with Crippen molar-refractivity contribution in [2.45, 2.75) is 5.88 Å². The molecule has 108 valence electrons. The number of aromatic nitrogens is 2. The minimum atomic E-state index is -0.880. The van der Waals surface area contributed by atoms with Gasteiger partial charge in [-0.3, -0.25) is 4.57 Å². The van der Waals surface area contributed by atoms with Gasteiger partial charge in [-0.15, -0.1) is 11.6 Å². The van der Waals surface area contributed by atoms with E-state index >= 15 is 0 Å². The zero-order chi connectivity index (χ0) is 15.1. The van der Waals surface area contributed by atoms with Gasteiger partial charge in [-0.25, -0.2) is 18.2 Å². The van der Waals surface area contributed by atoms with Gasteiger partial charge >= 0.3 is 0 Å². The second-order valence-electron chi connectivity index (χ2n) is 4.32. The molecule has 0 aliphatic heterocycles. The minimum absolute atomic E-state index is 0.0490. The molecule has 0 atom stereocenters. The SMILES string of the molecule is Fc1cc(F)c(-n2c(CCl)nc3c(F)cccc32)c(Cl)c1. The third kappa shape index (κ3) is 2.26. The van der Waals surface area contributed by atoms with Gasteiger partial charge < -0.3 is 0 Å². The molecule has 0 saturated carbocycles. The fraction of sp³-hybridized carbons (Fsp3) is 0.0714. The van der Waals surface area contributed by atoms with E-state index in [0.717, 1.165) is 6.07 Å². The lowest BCUT2D eigenvalue weighted by atomic mass is 10.2. The van der Waals surface area contributed by atoms with Crippen LogP contribution >= 0.6 is 23.2 Å². The Bertz CT molecular complexity index is 823. The third-order valence-corrected chi connectivity index (χ3v) is 3.56. The second-order valence-corrected chi connectivity index (χ2v) is 5.00. The van der Waals surface area contributed by atoms with Crippen LogP contribution in [0.3, 0.4) is 0 Å². The first-order chi connectivity index (χ1) is 10.0. The number of para-hydroxylation sites is 1. The van der Waals surface area contributed by atoms with Gasteiger partial charge in [0.05, 0.1) is 16.4 Å². The molecule has 0 spiro atoms. The van der Waals surface area contributed by atoms with E-state index in [9.17, 15) is 13.2 Å². The molecule has 2 aromatic carbocycles. The predicted molar refractivity (Wildman–Crippen MR) is 75.5 cm³/mol. The zero-order valence-electron chi connectivity index (χ0n) is 10.4. The van der Waals surface area contributed by atoms with E-state index in [-0.39, 0.29) is 27.9 Å². The van der Waals surface area contributed by atoms with E-state index in [1.807, 2.05) is 0 Å². The number of nitrogens with zero attached hydrogens (tertiary/aromatic N) is 2. The number of imidazole rings is 1. The van der Waals surface area contributed by atoms with Crippen LogP contribution in [0.2, 0.25) is 5.02 Å². The number of fused-ring (bicyclic) bond motifs is 1. The van der Waals surface area contributed by atoms with Crippen molar-refractivity contribution in [1.29, 1.82) is 0 Å². The molecule has 0 saturated heterocycles. The Kier molecular flexibility index (Phi) is 3.55. The van der Waals surface area contributed by atoms with Crippen LogP contribution < -0.4 is 0 Å². The quantitative estimate of drug-likeness (QED) is 0.615. The van der Waals surface area contributed by atoms with Crippen LogP contribution in [0.4, 0.5) is 13.2 Å². The lowest BCUT2D eigenvalue weighted by Gasteiger charge is -2.11. The molecule has 0 unspecified atom stereocenters. The van der Waals surface area contributed by atoms with Gasteiger partial charge in [-0.1, -0.05) is 17.7 Å². The highest BCUT2D eigenvalue weighted by Crippen LogP contribution is 2.31. The largest absolute Gasteiger partial charge is 0.291 e. The molecule has 0 amide bonds. The summed E-state index contributed by atoms with van der Waals surface area (Å²) in [6, 6.07) is 5.93. The number of benzene rings is 2. The molecule has 0 fully saturated rings. The van der Waals surface area contributed by atoms with Gasteiger partial charge in [0.1, 0.15) is 22.8 Å². The highest BCUT2D eigenvalue weighted by molar-refractivity contribution is 6.32. The van der Waals surface area contributed by atoms with Gasteiger partial charge in [0.25, 0.3) is 0 Å². The van der Waals surface area contributed by atoms with E-state index in [1.54, 1.807) is 6.07 Å². The van der Waals surface area contributed by atoms with Crippen LogP contribution in [0.15, 0.2) is 30.3 Å². The standard InChI is InChI=1S/C14H7Cl2F3N2/c15-6-12-20-13-9(18)2-1-3-11(13)21(12)14-8(16)4-7(17)5-10(14)19/h1-5H,6H2. The van der Waals surface area contributed by atoms with Gasteiger partial charge in [-0.05, 0) is 18.2 Å². The molecule has 0 N–H and O–H groups in total. The van der Waals surface area contributed by atoms with Gasteiger partial charge in [0.2, 0.25) is 0 Å². The summed E-state index contributed by atoms with van der Waals surface area (Å²) in [4.78, 5) is 4.05. The van der Waals surface area contributed by atoms with Crippen LogP contribution in [0.5, 0.6) is 0 Å². The molecule has 3 rings (SSSR count). The monoisotopic (exact) mass is 330 g/mol. The number of rotatable bonds is 2. The smallest absolute Gasteiger partial charge is 0.151 e. The maximum Gasteiger partial charge on any atom is 0.151 e. The van der Waals surface area contributed by atoms with E-state index in [1.165, 1.54) is 16.7 Å². The van der Waals surface area contributed by atoms with Crippen LogP contribution in [0, 0.1) is 17.5 Å². The van der Waals surface area contributed by atoms with E-state index in [4.69, 9.17) is 23.2 Å². The fourth-order valence-electron chi connectivity index (χ4n) is 2.20. The molecule has 1 heterocycles. The van der Waals surface area contributed by atoms with Crippen molar-refractivity contribution in [3.05, 3.63) is 58.6 Å². The van der Waals surface area contributed by atoms with Crippen LogP contribution in [0.25, 0.3) is 16.7 Å². The molecule has 1 aromatic heterocycles. The molecule has 21 heavy (non-hydrogen) atoms. The summed E-state index contributed by atoms with van der Waals surface area (Å²) in [5.74, 6) is -2.11. The Morgan fingerprint density at radius 2 is 1.86 bits per heavy atom. The molecule has 0 bridgehead atoms. The van der Waals surface area contributed by atoms with E-state index in [2.05, 4.69) is 4.98 Å². The molecule has 0 aliphatic carbocycles. The van der Waals surface area contributed by atoms with E-state index < -0.39 is 17.5 Å². The fourth-order valence-corrected chi connectivity index (χ4v) is 2.66. The Labute approximate surface area is 127 Å².